The molecule has 6 nitrogen and oxygen atoms in total. The highest BCUT2D eigenvalue weighted by atomic mass is 19.1. The molecule has 3 heterocycles. The molecule has 0 radical (unpaired) electrons. The van der Waals surface area contributed by atoms with Crippen LogP contribution in [0.1, 0.15) is 61.0 Å². The maximum absolute atomic E-state index is 15.4. The lowest BCUT2D eigenvalue weighted by Crippen LogP contribution is -2.34. The molecular formula is C22H26FN3O3. The number of halogens is 1. The van der Waals surface area contributed by atoms with Gasteiger partial charge < -0.3 is 19.9 Å². The van der Waals surface area contributed by atoms with E-state index in [1.807, 2.05) is 4.57 Å². The number of hydrogen-bond donors (Lipinski definition) is 2. The molecule has 29 heavy (non-hydrogen) atoms. The summed E-state index contributed by atoms with van der Waals surface area (Å²) in [6.45, 7) is 3.73. The zero-order valence-corrected chi connectivity index (χ0v) is 16.6. The van der Waals surface area contributed by atoms with E-state index in [-0.39, 0.29) is 17.0 Å². The van der Waals surface area contributed by atoms with E-state index in [1.54, 1.807) is 0 Å². The van der Waals surface area contributed by atoms with Gasteiger partial charge >= 0.3 is 5.97 Å². The number of carbonyl (C=O) groups is 1. The van der Waals surface area contributed by atoms with Crippen molar-refractivity contribution >= 4 is 22.6 Å². The smallest absolute Gasteiger partial charge is 0.341 e. The number of rotatable bonds is 4. The van der Waals surface area contributed by atoms with E-state index in [1.165, 1.54) is 12.3 Å². The Bertz CT molecular complexity index is 1060. The van der Waals surface area contributed by atoms with Crippen LogP contribution in [0.15, 0.2) is 17.1 Å². The van der Waals surface area contributed by atoms with E-state index in [4.69, 9.17) is 0 Å². The van der Waals surface area contributed by atoms with Crippen molar-refractivity contribution in [3.8, 4) is 0 Å². The fourth-order valence-electron chi connectivity index (χ4n) is 5.31. The molecule has 0 amide bonds. The number of anilines is 1. The van der Waals surface area contributed by atoms with Gasteiger partial charge in [0, 0.05) is 41.8 Å². The minimum absolute atomic E-state index is 0.192. The summed E-state index contributed by atoms with van der Waals surface area (Å²) in [5.41, 5.74) is 1.38. The highest BCUT2D eigenvalue weighted by Gasteiger charge is 2.38. The van der Waals surface area contributed by atoms with Gasteiger partial charge in [-0.3, -0.25) is 4.79 Å². The lowest BCUT2D eigenvalue weighted by molar-refractivity contribution is 0.0695. The highest BCUT2D eigenvalue weighted by Crippen LogP contribution is 2.43. The van der Waals surface area contributed by atoms with Gasteiger partial charge in [0.05, 0.1) is 11.2 Å². The molecule has 2 N–H and O–H groups in total. The summed E-state index contributed by atoms with van der Waals surface area (Å²) in [5.74, 6) is -1.66. The van der Waals surface area contributed by atoms with Crippen molar-refractivity contribution < 1.29 is 14.3 Å². The summed E-state index contributed by atoms with van der Waals surface area (Å²) in [6.07, 6.45) is 7.04. The van der Waals surface area contributed by atoms with Crippen molar-refractivity contribution in [1.82, 2.24) is 9.88 Å². The number of benzene rings is 1. The number of aryl methyl sites for hydroxylation is 1. The fraction of sp³-hybridized carbons (Fsp3) is 0.545. The number of likely N-dealkylation sites (N-methyl/N-ethyl adjacent to an activating group) is 1. The number of carboxylic acid groups (broad SMARTS) is 1. The van der Waals surface area contributed by atoms with Crippen LogP contribution in [0.4, 0.5) is 10.1 Å². The molecule has 1 unspecified atom stereocenters. The lowest BCUT2D eigenvalue weighted by Gasteiger charge is -2.28. The zero-order valence-electron chi connectivity index (χ0n) is 16.6. The zero-order chi connectivity index (χ0) is 20.3. The van der Waals surface area contributed by atoms with Crippen LogP contribution in [0.5, 0.6) is 0 Å². The van der Waals surface area contributed by atoms with Crippen LogP contribution in [0, 0.1) is 5.82 Å². The Hall–Kier alpha value is -2.41. The average Bonchev–Trinajstić information content (AvgIpc) is 3.47. The molecule has 2 fully saturated rings. The molecule has 2 aromatic rings. The maximum atomic E-state index is 15.4. The summed E-state index contributed by atoms with van der Waals surface area (Å²) >= 11 is 0. The Balaban J connectivity index is 1.76. The van der Waals surface area contributed by atoms with Gasteiger partial charge in [-0.2, -0.15) is 0 Å². The predicted octanol–water partition coefficient (Wildman–Crippen LogP) is 3.07. The van der Waals surface area contributed by atoms with Crippen molar-refractivity contribution in [2.24, 2.45) is 0 Å². The minimum Gasteiger partial charge on any atom is -0.477 e. The first kappa shape index (κ1) is 18.6. The Kier molecular flexibility index (Phi) is 4.38. The number of carboxylic acids is 1. The number of pyridine rings is 1. The molecule has 2 atom stereocenters. The predicted molar refractivity (Wildman–Crippen MR) is 110 cm³/mol. The first-order chi connectivity index (χ1) is 14.0. The molecule has 154 valence electrons. The third kappa shape index (κ3) is 2.94. The van der Waals surface area contributed by atoms with Crippen molar-refractivity contribution in [1.29, 1.82) is 0 Å². The fourth-order valence-corrected chi connectivity index (χ4v) is 5.31. The second kappa shape index (κ2) is 6.83. The summed E-state index contributed by atoms with van der Waals surface area (Å²) in [6, 6.07) is 2.11. The molecule has 1 saturated carbocycles. The molecule has 1 aliphatic carbocycles. The van der Waals surface area contributed by atoms with Crippen LogP contribution in [0.3, 0.4) is 0 Å². The lowest BCUT2D eigenvalue weighted by atomic mass is 9.99. The van der Waals surface area contributed by atoms with Gasteiger partial charge in [0.15, 0.2) is 0 Å². The van der Waals surface area contributed by atoms with Crippen LogP contribution >= 0.6 is 0 Å². The van der Waals surface area contributed by atoms with Gasteiger partial charge in [-0.05, 0) is 51.1 Å². The number of nitrogens with zero attached hydrogens (tertiary/aromatic N) is 2. The summed E-state index contributed by atoms with van der Waals surface area (Å²) in [4.78, 5) is 26.7. The summed E-state index contributed by atoms with van der Waals surface area (Å²) in [7, 11) is 0. The van der Waals surface area contributed by atoms with Crippen LogP contribution in [-0.2, 0) is 6.42 Å². The van der Waals surface area contributed by atoms with Gasteiger partial charge in [0.2, 0.25) is 5.43 Å². The molecule has 5 rings (SSSR count). The van der Waals surface area contributed by atoms with Gasteiger partial charge in [-0.15, -0.1) is 0 Å². The van der Waals surface area contributed by atoms with Crippen LogP contribution in [0.25, 0.3) is 10.9 Å². The third-order valence-electron chi connectivity index (χ3n) is 6.67. The quantitative estimate of drug-likeness (QED) is 0.827. The standard InChI is InChI=1S/C22H26FN3O3/c1-2-24-12-8-14-4-3-5-15-19-16(9-18(23)20(15)25(14)10-12)21(27)17(22(28)29)11-26(19)13-6-7-13/h9,11-14,24H,2-8,10H2,1H3,(H,28,29)/t12-,14?/m0/s1. The van der Waals surface area contributed by atoms with E-state index in [9.17, 15) is 14.7 Å². The van der Waals surface area contributed by atoms with Gasteiger partial charge in [0.1, 0.15) is 11.4 Å². The second-order valence-electron chi connectivity index (χ2n) is 8.59. The largest absolute Gasteiger partial charge is 0.477 e. The molecule has 2 aliphatic heterocycles. The molecule has 7 heteroatoms. The topological polar surface area (TPSA) is 74.6 Å². The molecule has 3 aliphatic rings. The molecule has 1 saturated heterocycles. The van der Waals surface area contributed by atoms with Crippen LogP contribution in [-0.4, -0.2) is 40.8 Å². The minimum atomic E-state index is -1.25. The normalized spacial score (nSPS) is 23.7. The van der Waals surface area contributed by atoms with Gasteiger partial charge in [0.25, 0.3) is 0 Å². The number of aromatic nitrogens is 1. The van der Waals surface area contributed by atoms with Crippen molar-refractivity contribution in [3.05, 3.63) is 39.4 Å². The average molecular weight is 399 g/mol. The molecule has 0 spiro atoms. The number of nitrogens with one attached hydrogen (secondary N) is 1. The summed E-state index contributed by atoms with van der Waals surface area (Å²) in [5, 5.41) is 13.2. The number of hydrogen-bond acceptors (Lipinski definition) is 4. The Morgan fingerprint density at radius 2 is 2.10 bits per heavy atom. The SMILES string of the molecule is CCN[C@H]1CC2CCCc3c(c(F)cc4c(=O)c(C(=O)O)cn(C5CC5)c34)N2C1. The van der Waals surface area contributed by atoms with E-state index < -0.39 is 17.2 Å². The van der Waals surface area contributed by atoms with Crippen molar-refractivity contribution in [2.45, 2.75) is 63.6 Å². The van der Waals surface area contributed by atoms with Gasteiger partial charge in [-0.25, -0.2) is 9.18 Å². The Morgan fingerprint density at radius 1 is 1.31 bits per heavy atom. The van der Waals surface area contributed by atoms with E-state index in [0.29, 0.717) is 24.2 Å². The number of aromatic carboxylic acids is 1. The first-order valence-electron chi connectivity index (χ1n) is 10.6. The Labute approximate surface area is 168 Å². The van der Waals surface area contributed by atoms with Crippen molar-refractivity contribution in [2.75, 3.05) is 18.0 Å². The van der Waals surface area contributed by atoms with E-state index in [2.05, 4.69) is 17.1 Å². The molecule has 0 bridgehead atoms. The number of fused-ring (bicyclic) bond motifs is 5. The van der Waals surface area contributed by atoms with E-state index in [0.717, 1.165) is 56.3 Å². The maximum Gasteiger partial charge on any atom is 0.341 e. The second-order valence-corrected chi connectivity index (χ2v) is 8.59. The molecular weight excluding hydrogens is 373 g/mol. The highest BCUT2D eigenvalue weighted by molar-refractivity contribution is 5.95. The third-order valence-corrected chi connectivity index (χ3v) is 6.67. The first-order valence-corrected chi connectivity index (χ1v) is 10.6. The summed E-state index contributed by atoms with van der Waals surface area (Å²) < 4.78 is 17.4. The van der Waals surface area contributed by atoms with Crippen molar-refractivity contribution in [3.63, 3.8) is 0 Å². The molecule has 1 aromatic carbocycles. The molecule has 1 aromatic heterocycles. The van der Waals surface area contributed by atoms with Crippen LogP contribution < -0.4 is 15.6 Å². The Morgan fingerprint density at radius 3 is 2.79 bits per heavy atom. The van der Waals surface area contributed by atoms with E-state index >= 15 is 4.39 Å². The van der Waals surface area contributed by atoms with Crippen LogP contribution in [0.2, 0.25) is 0 Å². The monoisotopic (exact) mass is 399 g/mol. The van der Waals surface area contributed by atoms with Gasteiger partial charge in [-0.1, -0.05) is 6.92 Å².